The molecule has 1 aromatic heterocycles. The Hall–Kier alpha value is -0.653. The molecule has 1 aliphatic rings. The minimum absolute atomic E-state index is 0.282. The van der Waals surface area contributed by atoms with E-state index < -0.39 is 8.32 Å². The van der Waals surface area contributed by atoms with E-state index >= 15 is 0 Å². The van der Waals surface area contributed by atoms with E-state index in [9.17, 15) is 0 Å². The maximum atomic E-state index is 6.39. The number of fused-ring (bicyclic) bond motifs is 2. The molecule has 1 aliphatic carbocycles. The van der Waals surface area contributed by atoms with E-state index in [4.69, 9.17) is 4.43 Å². The zero-order chi connectivity index (χ0) is 16.8. The lowest BCUT2D eigenvalue weighted by molar-refractivity contribution is 0.271. The molecule has 0 amide bonds. The number of aromatic nitrogens is 2. The largest absolute Gasteiger partial charge is 0.417 e. The Bertz CT molecular complexity index is 718. The Morgan fingerprint density at radius 2 is 2.13 bits per heavy atom. The normalized spacial score (nSPS) is 18.6. The first-order valence-electron chi connectivity index (χ1n) is 8.49. The topological polar surface area (TPSA) is 37.9 Å². The quantitative estimate of drug-likeness (QED) is 0.668. The molecule has 0 saturated carbocycles. The van der Waals surface area contributed by atoms with Crippen molar-refractivity contribution in [1.29, 1.82) is 0 Å². The van der Waals surface area contributed by atoms with Crippen LogP contribution in [-0.2, 0) is 10.8 Å². The SMILES string of the molecule is CC(C)(C)[Si](C)(C)OCCC1CCc2cc3[nH]ncc3c(Br)c21. The van der Waals surface area contributed by atoms with Gasteiger partial charge in [-0.1, -0.05) is 20.8 Å². The summed E-state index contributed by atoms with van der Waals surface area (Å²) in [7, 11) is -1.64. The van der Waals surface area contributed by atoms with Crippen molar-refractivity contribution in [3.05, 3.63) is 27.9 Å². The van der Waals surface area contributed by atoms with Gasteiger partial charge in [-0.05, 0) is 76.4 Å². The third-order valence-corrected chi connectivity index (χ3v) is 11.1. The number of hydrogen-bond donors (Lipinski definition) is 1. The lowest BCUT2D eigenvalue weighted by atomic mass is 9.97. The average molecular weight is 395 g/mol. The molecular weight excluding hydrogens is 368 g/mol. The Morgan fingerprint density at radius 3 is 2.83 bits per heavy atom. The van der Waals surface area contributed by atoms with E-state index in [-0.39, 0.29) is 5.04 Å². The molecule has 0 fully saturated rings. The van der Waals surface area contributed by atoms with Crippen LogP contribution in [0.1, 0.15) is 50.7 Å². The molecule has 1 heterocycles. The molecule has 0 spiro atoms. The molecule has 1 aromatic carbocycles. The molecule has 2 aromatic rings. The Morgan fingerprint density at radius 1 is 1.39 bits per heavy atom. The van der Waals surface area contributed by atoms with Crippen LogP contribution in [0, 0.1) is 0 Å². The molecule has 0 aliphatic heterocycles. The van der Waals surface area contributed by atoms with Crippen LogP contribution < -0.4 is 0 Å². The fraction of sp³-hybridized carbons (Fsp3) is 0.611. The van der Waals surface area contributed by atoms with Crippen LogP contribution >= 0.6 is 15.9 Å². The minimum Gasteiger partial charge on any atom is -0.417 e. The van der Waals surface area contributed by atoms with Crippen LogP contribution in [0.4, 0.5) is 0 Å². The number of aromatic amines is 1. The predicted molar refractivity (Wildman–Crippen MR) is 103 cm³/mol. The highest BCUT2D eigenvalue weighted by Gasteiger charge is 2.37. The average Bonchev–Trinajstić information content (AvgIpc) is 3.05. The van der Waals surface area contributed by atoms with E-state index in [1.165, 1.54) is 27.4 Å². The van der Waals surface area contributed by atoms with Crippen molar-refractivity contribution in [2.24, 2.45) is 0 Å². The number of rotatable bonds is 4. The number of benzene rings is 1. The Labute approximate surface area is 148 Å². The van der Waals surface area contributed by atoms with Crippen molar-refractivity contribution in [2.75, 3.05) is 6.61 Å². The van der Waals surface area contributed by atoms with Crippen LogP contribution in [0.5, 0.6) is 0 Å². The van der Waals surface area contributed by atoms with Crippen molar-refractivity contribution in [3.63, 3.8) is 0 Å². The van der Waals surface area contributed by atoms with Crippen molar-refractivity contribution >= 4 is 35.2 Å². The lowest BCUT2D eigenvalue weighted by Crippen LogP contribution is -2.41. The first kappa shape index (κ1) is 17.2. The summed E-state index contributed by atoms with van der Waals surface area (Å²) in [6.07, 6.45) is 5.42. The van der Waals surface area contributed by atoms with Crippen LogP contribution in [0.2, 0.25) is 18.1 Å². The predicted octanol–water partition coefficient (Wildman–Crippen LogP) is 5.77. The van der Waals surface area contributed by atoms with Gasteiger partial charge in [-0.15, -0.1) is 0 Å². The molecule has 3 nitrogen and oxygen atoms in total. The summed E-state index contributed by atoms with van der Waals surface area (Å²) in [5.74, 6) is 0.600. The minimum atomic E-state index is -1.64. The van der Waals surface area contributed by atoms with E-state index in [0.717, 1.165) is 25.0 Å². The number of nitrogens with zero attached hydrogens (tertiary/aromatic N) is 1. The van der Waals surface area contributed by atoms with Gasteiger partial charge in [0.25, 0.3) is 0 Å². The molecule has 23 heavy (non-hydrogen) atoms. The van der Waals surface area contributed by atoms with Crippen LogP contribution in [-0.4, -0.2) is 25.1 Å². The molecule has 1 N–H and O–H groups in total. The molecule has 0 saturated heterocycles. The second kappa shape index (κ2) is 6.01. The van der Waals surface area contributed by atoms with Crippen molar-refractivity contribution in [3.8, 4) is 0 Å². The van der Waals surface area contributed by atoms with Gasteiger partial charge in [0.1, 0.15) is 0 Å². The smallest absolute Gasteiger partial charge is 0.191 e. The number of halogens is 1. The summed E-state index contributed by atoms with van der Waals surface area (Å²) in [6, 6.07) is 2.27. The fourth-order valence-electron chi connectivity index (χ4n) is 3.20. The van der Waals surface area contributed by atoms with Gasteiger partial charge >= 0.3 is 0 Å². The summed E-state index contributed by atoms with van der Waals surface area (Å²) >= 11 is 3.82. The summed E-state index contributed by atoms with van der Waals surface area (Å²) in [5, 5.41) is 8.74. The van der Waals surface area contributed by atoms with Gasteiger partial charge in [0.15, 0.2) is 8.32 Å². The van der Waals surface area contributed by atoms with Crippen LogP contribution in [0.15, 0.2) is 16.7 Å². The summed E-state index contributed by atoms with van der Waals surface area (Å²) in [6.45, 7) is 12.4. The van der Waals surface area contributed by atoms with Gasteiger partial charge < -0.3 is 4.43 Å². The molecule has 1 unspecified atom stereocenters. The molecule has 0 bridgehead atoms. The number of H-pyrrole nitrogens is 1. The number of aryl methyl sites for hydroxylation is 1. The molecule has 5 heteroatoms. The Balaban J connectivity index is 1.73. The van der Waals surface area contributed by atoms with Crippen molar-refractivity contribution in [1.82, 2.24) is 10.2 Å². The fourth-order valence-corrected chi connectivity index (χ4v) is 5.16. The highest BCUT2D eigenvalue weighted by atomic mass is 79.9. The van der Waals surface area contributed by atoms with E-state index in [1.807, 2.05) is 6.20 Å². The van der Waals surface area contributed by atoms with Crippen molar-refractivity contribution in [2.45, 2.75) is 64.1 Å². The van der Waals surface area contributed by atoms with Gasteiger partial charge in [0, 0.05) is 16.5 Å². The lowest BCUT2D eigenvalue weighted by Gasteiger charge is -2.36. The van der Waals surface area contributed by atoms with E-state index in [2.05, 4.69) is 66.1 Å². The summed E-state index contributed by atoms with van der Waals surface area (Å²) < 4.78 is 7.62. The van der Waals surface area contributed by atoms with Crippen LogP contribution in [0.3, 0.4) is 0 Å². The molecule has 1 atom stereocenters. The molecule has 126 valence electrons. The van der Waals surface area contributed by atoms with Gasteiger partial charge in [-0.2, -0.15) is 5.10 Å². The molecular formula is C18H27BrN2OSi. The highest BCUT2D eigenvalue weighted by molar-refractivity contribution is 9.10. The second-order valence-corrected chi connectivity index (χ2v) is 13.8. The maximum absolute atomic E-state index is 6.39. The summed E-state index contributed by atoms with van der Waals surface area (Å²) in [4.78, 5) is 0. The zero-order valence-corrected chi connectivity index (χ0v) is 17.4. The highest BCUT2D eigenvalue weighted by Crippen LogP contribution is 2.44. The third kappa shape index (κ3) is 3.15. The van der Waals surface area contributed by atoms with Gasteiger partial charge in [0.05, 0.1) is 11.7 Å². The van der Waals surface area contributed by atoms with Gasteiger partial charge in [0.2, 0.25) is 0 Å². The number of nitrogens with one attached hydrogen (secondary N) is 1. The zero-order valence-electron chi connectivity index (χ0n) is 14.8. The standard InChI is InChI=1S/C18H27BrN2OSi/c1-18(2,3)23(4,5)22-9-8-12-6-7-13-10-15-14(11-20-21-15)17(19)16(12)13/h10-12H,6-9H2,1-5H3,(H,20,21). The van der Waals surface area contributed by atoms with Gasteiger partial charge in [-0.3, -0.25) is 5.10 Å². The molecule has 3 rings (SSSR count). The molecule has 0 radical (unpaired) electrons. The van der Waals surface area contributed by atoms with E-state index in [1.54, 1.807) is 0 Å². The van der Waals surface area contributed by atoms with E-state index in [0.29, 0.717) is 5.92 Å². The Kier molecular flexibility index (Phi) is 4.49. The number of hydrogen-bond acceptors (Lipinski definition) is 2. The second-order valence-electron chi connectivity index (χ2n) is 8.23. The summed E-state index contributed by atoms with van der Waals surface area (Å²) in [5.41, 5.74) is 4.08. The van der Waals surface area contributed by atoms with Gasteiger partial charge in [-0.25, -0.2) is 0 Å². The first-order chi connectivity index (χ1) is 10.7. The first-order valence-corrected chi connectivity index (χ1v) is 12.2. The van der Waals surface area contributed by atoms with Crippen molar-refractivity contribution < 1.29 is 4.43 Å². The van der Waals surface area contributed by atoms with Crippen LogP contribution in [0.25, 0.3) is 10.9 Å². The third-order valence-electron chi connectivity index (χ3n) is 5.71. The maximum Gasteiger partial charge on any atom is 0.191 e. The monoisotopic (exact) mass is 394 g/mol.